The SMILES string of the molecule is CC(C)c1nc(Cl)cc(NCC2CC(C)N(C(=O)CC3CCCC4CCCCC43)C2)n1. The molecule has 0 radical (unpaired) electrons. The highest BCUT2D eigenvalue weighted by atomic mass is 35.5. The predicted molar refractivity (Wildman–Crippen MR) is 126 cm³/mol. The molecule has 2 heterocycles. The van der Waals surface area contributed by atoms with Gasteiger partial charge in [0.15, 0.2) is 0 Å². The Morgan fingerprint density at radius 3 is 2.77 bits per heavy atom. The minimum atomic E-state index is 0.238. The van der Waals surface area contributed by atoms with E-state index in [0.29, 0.717) is 28.9 Å². The van der Waals surface area contributed by atoms with Crippen LogP contribution in [0.1, 0.15) is 90.3 Å². The first-order chi connectivity index (χ1) is 14.9. The Balaban J connectivity index is 1.31. The molecule has 3 aliphatic rings. The van der Waals surface area contributed by atoms with Gasteiger partial charge in [0, 0.05) is 37.5 Å². The quantitative estimate of drug-likeness (QED) is 0.552. The van der Waals surface area contributed by atoms with E-state index in [1.807, 2.05) is 0 Å². The summed E-state index contributed by atoms with van der Waals surface area (Å²) in [5.74, 6) is 4.94. The van der Waals surface area contributed by atoms with Crippen LogP contribution in [0.15, 0.2) is 6.07 Å². The zero-order valence-electron chi connectivity index (χ0n) is 19.4. The molecule has 172 valence electrons. The third-order valence-electron chi connectivity index (χ3n) is 7.94. The average molecular weight is 447 g/mol. The van der Waals surface area contributed by atoms with Gasteiger partial charge in [0.2, 0.25) is 5.91 Å². The van der Waals surface area contributed by atoms with Crippen LogP contribution in [0.2, 0.25) is 5.15 Å². The first-order valence-corrected chi connectivity index (χ1v) is 12.9. The summed E-state index contributed by atoms with van der Waals surface area (Å²) in [6.45, 7) is 8.01. The number of aromatic nitrogens is 2. The lowest BCUT2D eigenvalue weighted by molar-refractivity contribution is -0.134. The minimum absolute atomic E-state index is 0.238. The molecule has 4 rings (SSSR count). The van der Waals surface area contributed by atoms with Crippen LogP contribution in [0, 0.1) is 23.7 Å². The van der Waals surface area contributed by atoms with Gasteiger partial charge in [-0.3, -0.25) is 4.79 Å². The van der Waals surface area contributed by atoms with E-state index in [1.165, 1.54) is 44.9 Å². The van der Waals surface area contributed by atoms with Crippen LogP contribution in [0.25, 0.3) is 0 Å². The van der Waals surface area contributed by atoms with E-state index in [1.54, 1.807) is 6.07 Å². The van der Waals surface area contributed by atoms with Crippen molar-refractivity contribution < 1.29 is 4.79 Å². The standard InChI is InChI=1S/C25H39ClN4O/c1-16(2)25-28-22(26)13-23(29-25)27-14-18-11-17(3)30(15-18)24(31)12-20-9-6-8-19-7-4-5-10-21(19)20/h13,16-21H,4-12,14-15H2,1-3H3,(H,27,28,29). The molecule has 1 aliphatic heterocycles. The Morgan fingerprint density at radius 1 is 1.19 bits per heavy atom. The van der Waals surface area contributed by atoms with Crippen molar-refractivity contribution in [2.75, 3.05) is 18.4 Å². The van der Waals surface area contributed by atoms with Crippen LogP contribution in [0.4, 0.5) is 5.82 Å². The number of amides is 1. The maximum absolute atomic E-state index is 13.2. The summed E-state index contributed by atoms with van der Waals surface area (Å²) >= 11 is 6.17. The van der Waals surface area contributed by atoms with E-state index >= 15 is 0 Å². The van der Waals surface area contributed by atoms with Crippen LogP contribution in [0.3, 0.4) is 0 Å². The van der Waals surface area contributed by atoms with Crippen molar-refractivity contribution in [1.82, 2.24) is 14.9 Å². The van der Waals surface area contributed by atoms with Gasteiger partial charge in [0.25, 0.3) is 0 Å². The Bertz CT molecular complexity index is 768. The van der Waals surface area contributed by atoms with Crippen LogP contribution in [-0.4, -0.2) is 39.9 Å². The van der Waals surface area contributed by atoms with Crippen molar-refractivity contribution in [2.45, 2.75) is 90.5 Å². The zero-order valence-corrected chi connectivity index (χ0v) is 20.2. The molecule has 5 nitrogen and oxygen atoms in total. The lowest BCUT2D eigenvalue weighted by atomic mass is 9.64. The third kappa shape index (κ3) is 5.53. The van der Waals surface area contributed by atoms with Gasteiger partial charge >= 0.3 is 0 Å². The Morgan fingerprint density at radius 2 is 1.97 bits per heavy atom. The van der Waals surface area contributed by atoms with E-state index in [2.05, 4.69) is 41.0 Å². The molecule has 2 saturated carbocycles. The molecule has 3 fully saturated rings. The van der Waals surface area contributed by atoms with Crippen molar-refractivity contribution >= 4 is 23.3 Å². The summed E-state index contributed by atoms with van der Waals surface area (Å²) in [5, 5.41) is 3.93. The molecule has 1 amide bonds. The number of nitrogens with zero attached hydrogens (tertiary/aromatic N) is 3. The van der Waals surface area contributed by atoms with Gasteiger partial charge in [-0.2, -0.15) is 0 Å². The average Bonchev–Trinajstić information content (AvgIpc) is 3.13. The fraction of sp³-hybridized carbons (Fsp3) is 0.800. The first kappa shape index (κ1) is 22.8. The number of hydrogen-bond donors (Lipinski definition) is 1. The summed E-state index contributed by atoms with van der Waals surface area (Å²) < 4.78 is 0. The highest BCUT2D eigenvalue weighted by Gasteiger charge is 2.38. The fourth-order valence-corrected chi connectivity index (χ4v) is 6.53. The van der Waals surface area contributed by atoms with Crippen LogP contribution < -0.4 is 5.32 Å². The molecule has 1 saturated heterocycles. The van der Waals surface area contributed by atoms with Gasteiger partial charge in [-0.15, -0.1) is 0 Å². The highest BCUT2D eigenvalue weighted by molar-refractivity contribution is 6.29. The fourth-order valence-electron chi connectivity index (χ4n) is 6.34. The molecule has 1 N–H and O–H groups in total. The van der Waals surface area contributed by atoms with Crippen LogP contribution in [0.5, 0.6) is 0 Å². The van der Waals surface area contributed by atoms with Crippen molar-refractivity contribution in [1.29, 1.82) is 0 Å². The molecule has 6 heteroatoms. The summed E-state index contributed by atoms with van der Waals surface area (Å²) in [7, 11) is 0. The zero-order chi connectivity index (χ0) is 22.0. The topological polar surface area (TPSA) is 58.1 Å². The van der Waals surface area contributed by atoms with E-state index < -0.39 is 0 Å². The third-order valence-corrected chi connectivity index (χ3v) is 8.14. The summed E-state index contributed by atoms with van der Waals surface area (Å²) in [6.07, 6.45) is 11.3. The summed E-state index contributed by atoms with van der Waals surface area (Å²) in [6, 6.07) is 2.11. The maximum Gasteiger partial charge on any atom is 0.223 e. The molecule has 1 aromatic heterocycles. The van der Waals surface area contributed by atoms with E-state index in [-0.39, 0.29) is 5.92 Å². The second-order valence-electron chi connectivity index (χ2n) is 10.6. The van der Waals surface area contributed by atoms with Gasteiger partial charge in [-0.25, -0.2) is 9.97 Å². The number of nitrogens with one attached hydrogen (secondary N) is 1. The van der Waals surface area contributed by atoms with Crippen molar-refractivity contribution in [3.63, 3.8) is 0 Å². The second-order valence-corrected chi connectivity index (χ2v) is 11.0. The van der Waals surface area contributed by atoms with Gasteiger partial charge in [0.1, 0.15) is 16.8 Å². The Labute approximate surface area is 192 Å². The number of carbonyl (C=O) groups is 1. The maximum atomic E-state index is 13.2. The molecule has 31 heavy (non-hydrogen) atoms. The highest BCUT2D eigenvalue weighted by Crippen LogP contribution is 2.45. The minimum Gasteiger partial charge on any atom is -0.370 e. The Hall–Kier alpha value is -1.36. The van der Waals surface area contributed by atoms with Crippen LogP contribution >= 0.6 is 11.6 Å². The number of likely N-dealkylation sites (tertiary alicyclic amines) is 1. The summed E-state index contributed by atoms with van der Waals surface area (Å²) in [5.41, 5.74) is 0. The smallest absolute Gasteiger partial charge is 0.223 e. The summed E-state index contributed by atoms with van der Waals surface area (Å²) in [4.78, 5) is 24.3. The normalized spacial score (nSPS) is 31.0. The van der Waals surface area contributed by atoms with E-state index in [0.717, 1.165) is 49.4 Å². The molecule has 5 atom stereocenters. The first-order valence-electron chi connectivity index (χ1n) is 12.5. The van der Waals surface area contributed by atoms with Gasteiger partial charge in [0.05, 0.1) is 0 Å². The second kappa shape index (κ2) is 10.1. The molecule has 0 spiro atoms. The molecule has 2 aliphatic carbocycles. The Kier molecular flexibility index (Phi) is 7.40. The molecule has 0 bridgehead atoms. The van der Waals surface area contributed by atoms with Crippen molar-refractivity contribution in [2.24, 2.45) is 23.7 Å². The number of fused-ring (bicyclic) bond motifs is 1. The lowest BCUT2D eigenvalue weighted by Crippen LogP contribution is -2.39. The van der Waals surface area contributed by atoms with Gasteiger partial charge in [-0.05, 0) is 49.9 Å². The molecule has 5 unspecified atom stereocenters. The number of rotatable bonds is 6. The predicted octanol–water partition coefficient (Wildman–Crippen LogP) is 5.90. The molecule has 1 aromatic rings. The number of carbonyl (C=O) groups excluding carboxylic acids is 1. The largest absolute Gasteiger partial charge is 0.370 e. The van der Waals surface area contributed by atoms with Gasteiger partial charge < -0.3 is 10.2 Å². The molecule has 0 aromatic carbocycles. The number of halogens is 1. The van der Waals surface area contributed by atoms with Crippen molar-refractivity contribution in [3.8, 4) is 0 Å². The number of hydrogen-bond acceptors (Lipinski definition) is 4. The lowest BCUT2D eigenvalue weighted by Gasteiger charge is -2.41. The molecular formula is C25H39ClN4O. The van der Waals surface area contributed by atoms with Crippen molar-refractivity contribution in [3.05, 3.63) is 17.0 Å². The van der Waals surface area contributed by atoms with Crippen LogP contribution in [-0.2, 0) is 4.79 Å². The number of anilines is 1. The monoisotopic (exact) mass is 446 g/mol. The van der Waals surface area contributed by atoms with Gasteiger partial charge in [-0.1, -0.05) is 57.6 Å². The molecular weight excluding hydrogens is 408 g/mol. The van der Waals surface area contributed by atoms with E-state index in [4.69, 9.17) is 11.6 Å². The van der Waals surface area contributed by atoms with E-state index in [9.17, 15) is 4.79 Å².